The van der Waals surface area contributed by atoms with Gasteiger partial charge in [-0.3, -0.25) is 0 Å². The van der Waals surface area contributed by atoms with E-state index in [2.05, 4.69) is 0 Å². The molecular formula is C18H12O4. The van der Waals surface area contributed by atoms with Crippen LogP contribution in [0.25, 0.3) is 23.3 Å². The van der Waals surface area contributed by atoms with Crippen molar-refractivity contribution >= 4 is 24.1 Å². The third-order valence-electron chi connectivity index (χ3n) is 3.57. The van der Waals surface area contributed by atoms with E-state index in [4.69, 9.17) is 0 Å². The highest BCUT2D eigenvalue weighted by atomic mass is 16.4. The third kappa shape index (κ3) is 2.20. The molecule has 1 aliphatic carbocycles. The van der Waals surface area contributed by atoms with Gasteiger partial charge >= 0.3 is 11.9 Å². The van der Waals surface area contributed by atoms with Gasteiger partial charge in [0.1, 0.15) is 0 Å². The molecule has 0 aliphatic heterocycles. The molecule has 0 fully saturated rings. The van der Waals surface area contributed by atoms with E-state index in [1.54, 1.807) is 30.4 Å². The van der Waals surface area contributed by atoms with Crippen molar-refractivity contribution in [3.8, 4) is 11.1 Å². The predicted molar refractivity (Wildman–Crippen MR) is 83.9 cm³/mol. The van der Waals surface area contributed by atoms with E-state index < -0.39 is 11.9 Å². The molecule has 0 atom stereocenters. The fourth-order valence-corrected chi connectivity index (χ4v) is 2.64. The molecule has 0 aromatic heterocycles. The number of benzene rings is 2. The lowest BCUT2D eigenvalue weighted by atomic mass is 9.87. The molecule has 0 radical (unpaired) electrons. The molecule has 3 rings (SSSR count). The van der Waals surface area contributed by atoms with E-state index in [0.717, 1.165) is 5.56 Å². The number of carboxylic acid groups (broad SMARTS) is 2. The molecule has 0 saturated heterocycles. The fraction of sp³-hybridized carbons (Fsp3) is 0. The number of allylic oxidation sites excluding steroid dienone is 2. The van der Waals surface area contributed by atoms with Gasteiger partial charge in [-0.2, -0.15) is 0 Å². The van der Waals surface area contributed by atoms with E-state index in [9.17, 15) is 19.8 Å². The number of fused-ring (bicyclic) bond motifs is 3. The van der Waals surface area contributed by atoms with Gasteiger partial charge in [-0.25, -0.2) is 9.59 Å². The summed E-state index contributed by atoms with van der Waals surface area (Å²) in [6, 6.07) is 10.3. The Balaban J connectivity index is 2.46. The number of rotatable bonds is 2. The molecule has 0 saturated carbocycles. The first kappa shape index (κ1) is 13.8. The zero-order valence-electron chi connectivity index (χ0n) is 11.5. The minimum Gasteiger partial charge on any atom is -0.478 e. The van der Waals surface area contributed by atoms with Crippen LogP contribution in [0, 0.1) is 0 Å². The Kier molecular flexibility index (Phi) is 3.35. The van der Waals surface area contributed by atoms with E-state index in [0.29, 0.717) is 16.7 Å². The Bertz CT molecular complexity index is 844. The Labute approximate surface area is 126 Å². The maximum absolute atomic E-state index is 11.7. The van der Waals surface area contributed by atoms with E-state index in [-0.39, 0.29) is 11.1 Å². The van der Waals surface area contributed by atoms with Crippen molar-refractivity contribution in [2.75, 3.05) is 0 Å². The molecule has 22 heavy (non-hydrogen) atoms. The van der Waals surface area contributed by atoms with Crippen LogP contribution in [-0.4, -0.2) is 22.2 Å². The minimum atomic E-state index is -1.25. The van der Waals surface area contributed by atoms with Crippen molar-refractivity contribution in [2.24, 2.45) is 0 Å². The van der Waals surface area contributed by atoms with Gasteiger partial charge in [0.05, 0.1) is 11.1 Å². The number of carboxylic acids is 2. The molecule has 0 unspecified atom stereocenters. The lowest BCUT2D eigenvalue weighted by Crippen LogP contribution is -2.11. The average molecular weight is 292 g/mol. The molecule has 0 spiro atoms. The monoisotopic (exact) mass is 292 g/mol. The van der Waals surface area contributed by atoms with Crippen LogP contribution in [0.1, 0.15) is 31.8 Å². The molecule has 4 nitrogen and oxygen atoms in total. The maximum Gasteiger partial charge on any atom is 0.337 e. The first-order valence-corrected chi connectivity index (χ1v) is 6.67. The van der Waals surface area contributed by atoms with Gasteiger partial charge in [-0.1, -0.05) is 54.6 Å². The van der Waals surface area contributed by atoms with Crippen LogP contribution in [0.5, 0.6) is 0 Å². The molecule has 0 amide bonds. The van der Waals surface area contributed by atoms with Crippen LogP contribution >= 0.6 is 0 Å². The summed E-state index contributed by atoms with van der Waals surface area (Å²) in [6.07, 6.45) is 7.32. The second-order valence-corrected chi connectivity index (χ2v) is 4.87. The minimum absolute atomic E-state index is 0.183. The summed E-state index contributed by atoms with van der Waals surface area (Å²) in [5, 5.41) is 18.8. The van der Waals surface area contributed by atoms with E-state index in [1.165, 1.54) is 6.07 Å². The maximum atomic E-state index is 11.7. The van der Waals surface area contributed by atoms with Crippen LogP contribution in [0.2, 0.25) is 0 Å². The predicted octanol–water partition coefficient (Wildman–Crippen LogP) is 3.79. The summed E-state index contributed by atoms with van der Waals surface area (Å²) >= 11 is 0. The summed E-state index contributed by atoms with van der Waals surface area (Å²) < 4.78 is 0. The Hall–Kier alpha value is -3.14. The molecule has 2 aromatic carbocycles. The lowest BCUT2D eigenvalue weighted by Gasteiger charge is -2.16. The van der Waals surface area contributed by atoms with Gasteiger partial charge in [-0.05, 0) is 22.8 Å². The topological polar surface area (TPSA) is 74.6 Å². The zero-order chi connectivity index (χ0) is 15.7. The largest absolute Gasteiger partial charge is 0.478 e. The molecule has 4 heteroatoms. The Morgan fingerprint density at radius 1 is 0.773 bits per heavy atom. The highest BCUT2D eigenvalue weighted by Crippen LogP contribution is 2.35. The summed E-state index contributed by atoms with van der Waals surface area (Å²) in [6.45, 7) is 0. The first-order chi connectivity index (χ1) is 10.6. The summed E-state index contributed by atoms with van der Waals surface area (Å²) in [5.74, 6) is -2.50. The van der Waals surface area contributed by atoms with Crippen LogP contribution < -0.4 is 0 Å². The summed E-state index contributed by atoms with van der Waals surface area (Å²) in [7, 11) is 0. The van der Waals surface area contributed by atoms with Gasteiger partial charge in [0, 0.05) is 5.56 Å². The summed E-state index contributed by atoms with van der Waals surface area (Å²) in [4.78, 5) is 23.1. The highest BCUT2D eigenvalue weighted by Gasteiger charge is 2.24. The van der Waals surface area contributed by atoms with Crippen LogP contribution in [-0.2, 0) is 0 Å². The number of carbonyl (C=O) groups is 2. The summed E-state index contributed by atoms with van der Waals surface area (Å²) in [5.41, 5.74) is 2.27. The molecule has 1 aliphatic rings. The highest BCUT2D eigenvalue weighted by molar-refractivity contribution is 6.09. The van der Waals surface area contributed by atoms with E-state index >= 15 is 0 Å². The molecule has 108 valence electrons. The van der Waals surface area contributed by atoms with Gasteiger partial charge in [0.2, 0.25) is 0 Å². The third-order valence-corrected chi connectivity index (χ3v) is 3.57. The van der Waals surface area contributed by atoms with Crippen molar-refractivity contribution in [1.82, 2.24) is 0 Å². The second-order valence-electron chi connectivity index (χ2n) is 4.87. The normalized spacial score (nSPS) is 12.0. The van der Waals surface area contributed by atoms with Gasteiger partial charge in [0.25, 0.3) is 0 Å². The van der Waals surface area contributed by atoms with Crippen molar-refractivity contribution in [2.45, 2.75) is 0 Å². The lowest BCUT2D eigenvalue weighted by molar-refractivity contribution is 0.0652. The molecule has 0 heterocycles. The van der Waals surface area contributed by atoms with E-state index in [1.807, 2.05) is 24.3 Å². The molecule has 2 N–H and O–H groups in total. The number of aromatic carboxylic acids is 2. The van der Waals surface area contributed by atoms with Gasteiger partial charge in [-0.15, -0.1) is 0 Å². The zero-order valence-corrected chi connectivity index (χ0v) is 11.5. The number of hydrogen-bond acceptors (Lipinski definition) is 2. The van der Waals surface area contributed by atoms with Crippen molar-refractivity contribution in [3.05, 3.63) is 70.8 Å². The fourth-order valence-electron chi connectivity index (χ4n) is 2.64. The van der Waals surface area contributed by atoms with Crippen molar-refractivity contribution < 1.29 is 19.8 Å². The van der Waals surface area contributed by atoms with Crippen molar-refractivity contribution in [1.29, 1.82) is 0 Å². The second kappa shape index (κ2) is 5.33. The van der Waals surface area contributed by atoms with Crippen molar-refractivity contribution in [3.63, 3.8) is 0 Å². The quantitative estimate of drug-likeness (QED) is 0.883. The van der Waals surface area contributed by atoms with Crippen LogP contribution in [0.3, 0.4) is 0 Å². The smallest absolute Gasteiger partial charge is 0.337 e. The Morgan fingerprint density at radius 2 is 1.45 bits per heavy atom. The van der Waals surface area contributed by atoms with Crippen LogP contribution in [0.15, 0.2) is 48.6 Å². The molecule has 2 aromatic rings. The van der Waals surface area contributed by atoms with Crippen LogP contribution in [0.4, 0.5) is 0 Å². The molecule has 0 bridgehead atoms. The standard InChI is InChI=1S/C18H12O4/c19-17(20)14-10-9-12-7-2-1-5-11-6-3-4-8-13(11)15(12)16(14)18(21)22/h1-10H,(H,19,20)(H,21,22). The van der Waals surface area contributed by atoms with Gasteiger partial charge < -0.3 is 10.2 Å². The average Bonchev–Trinajstić information content (AvgIpc) is 2.48. The first-order valence-electron chi connectivity index (χ1n) is 6.67. The van der Waals surface area contributed by atoms with Gasteiger partial charge in [0.15, 0.2) is 0 Å². The number of hydrogen-bond donors (Lipinski definition) is 2. The Morgan fingerprint density at radius 3 is 2.14 bits per heavy atom. The SMILES string of the molecule is O=C(O)c1ccc2c(c1C(=O)O)-c1ccccc1C=CC=C2. The molecular weight excluding hydrogens is 280 g/mol.